The van der Waals surface area contributed by atoms with Gasteiger partial charge in [-0.3, -0.25) is 24.3 Å². The monoisotopic (exact) mass is 359 g/mol. The molecule has 0 bridgehead atoms. The van der Waals surface area contributed by atoms with E-state index in [9.17, 15) is 24.3 Å². The molecule has 0 amide bonds. The highest BCUT2D eigenvalue weighted by Crippen LogP contribution is 1.97. The zero-order valence-corrected chi connectivity index (χ0v) is 14.0. The van der Waals surface area contributed by atoms with Gasteiger partial charge < -0.3 is 24.9 Å². The van der Waals surface area contributed by atoms with Gasteiger partial charge in [0.05, 0.1) is 38.5 Å². The molecule has 0 fully saturated rings. The van der Waals surface area contributed by atoms with Crippen LogP contribution < -0.4 is 0 Å². The predicted octanol–water partition coefficient (Wildman–Crippen LogP) is -1.47. The molecule has 0 spiro atoms. The lowest BCUT2D eigenvalue weighted by molar-refractivity contribution is -0.140. The van der Waals surface area contributed by atoms with Crippen molar-refractivity contribution in [1.29, 1.82) is 0 Å². The van der Waals surface area contributed by atoms with E-state index in [0.29, 0.717) is 19.1 Å². The van der Waals surface area contributed by atoms with Crippen molar-refractivity contribution in [2.45, 2.75) is 0 Å². The zero-order valence-electron chi connectivity index (χ0n) is 14.0. The van der Waals surface area contributed by atoms with Crippen LogP contribution in [-0.2, 0) is 19.2 Å². The lowest BCUT2D eigenvalue weighted by Gasteiger charge is -2.27. The molecule has 25 heavy (non-hydrogen) atoms. The first-order chi connectivity index (χ1) is 11.8. The normalized spacial score (nSPS) is 11.0. The summed E-state index contributed by atoms with van der Waals surface area (Å²) >= 11 is 0. The maximum Gasteiger partial charge on any atom is 0.317 e. The first kappa shape index (κ1) is 22.7. The van der Waals surface area contributed by atoms with E-state index in [1.54, 1.807) is 9.80 Å². The van der Waals surface area contributed by atoms with Gasteiger partial charge in [0.25, 0.3) is 0 Å². The van der Waals surface area contributed by atoms with Crippen LogP contribution in [0.2, 0.25) is 0 Å². The second-order valence-corrected chi connectivity index (χ2v) is 5.43. The second kappa shape index (κ2) is 13.0. The minimum Gasteiger partial charge on any atom is -0.512 e. The standard InChI is InChI=1S/C15H25N3O7/c1-13(21)10-17(6-8-19)4-2-16(11-14(22)23)3-5-18(7-9-20)12-15(24)25/h8-9,21H,1-7,10-12H2,(H,22,23)(H,24,25). The molecule has 0 aromatic carbocycles. The summed E-state index contributed by atoms with van der Waals surface area (Å²) in [6, 6.07) is 0. The molecule has 0 aliphatic rings. The van der Waals surface area contributed by atoms with Crippen molar-refractivity contribution in [3.05, 3.63) is 12.3 Å². The molecule has 10 nitrogen and oxygen atoms in total. The number of aliphatic hydroxyl groups excluding tert-OH is 1. The first-order valence-corrected chi connectivity index (χ1v) is 7.63. The van der Waals surface area contributed by atoms with Crippen molar-refractivity contribution in [3.8, 4) is 0 Å². The third-order valence-electron chi connectivity index (χ3n) is 3.25. The van der Waals surface area contributed by atoms with Crippen molar-refractivity contribution in [2.24, 2.45) is 0 Å². The Hall–Kier alpha value is -2.30. The Morgan fingerprint density at radius 1 is 0.720 bits per heavy atom. The van der Waals surface area contributed by atoms with Gasteiger partial charge in [0.1, 0.15) is 12.6 Å². The maximum atomic E-state index is 11.0. The smallest absolute Gasteiger partial charge is 0.317 e. The van der Waals surface area contributed by atoms with Gasteiger partial charge in [0, 0.05) is 26.2 Å². The molecule has 142 valence electrons. The molecule has 0 heterocycles. The molecule has 3 N–H and O–H groups in total. The number of carbonyl (C=O) groups is 4. The molecular formula is C15H25N3O7. The quantitative estimate of drug-likeness (QED) is 0.221. The number of aliphatic hydroxyl groups is 1. The Morgan fingerprint density at radius 3 is 1.44 bits per heavy atom. The van der Waals surface area contributed by atoms with Gasteiger partial charge in [0.2, 0.25) is 0 Å². The number of aldehydes is 2. The van der Waals surface area contributed by atoms with Gasteiger partial charge >= 0.3 is 11.9 Å². The van der Waals surface area contributed by atoms with E-state index in [1.165, 1.54) is 4.90 Å². The third kappa shape index (κ3) is 12.8. The predicted molar refractivity (Wildman–Crippen MR) is 88.5 cm³/mol. The van der Waals surface area contributed by atoms with Gasteiger partial charge in [-0.25, -0.2) is 0 Å². The summed E-state index contributed by atoms with van der Waals surface area (Å²) in [5, 5.41) is 27.0. The summed E-state index contributed by atoms with van der Waals surface area (Å²) < 4.78 is 0. The fourth-order valence-corrected chi connectivity index (χ4v) is 2.16. The number of hydrogen-bond donors (Lipinski definition) is 3. The Kier molecular flexibility index (Phi) is 11.8. The van der Waals surface area contributed by atoms with Crippen LogP contribution in [0.3, 0.4) is 0 Å². The number of aliphatic carboxylic acids is 2. The molecule has 0 radical (unpaired) electrons. The molecule has 0 unspecified atom stereocenters. The second-order valence-electron chi connectivity index (χ2n) is 5.43. The summed E-state index contributed by atoms with van der Waals surface area (Å²) in [6.45, 7) is 3.92. The van der Waals surface area contributed by atoms with Crippen molar-refractivity contribution in [2.75, 3.05) is 58.9 Å². The van der Waals surface area contributed by atoms with Gasteiger partial charge in [-0.2, -0.15) is 0 Å². The SMILES string of the molecule is C=C(O)CN(CC=O)CCN(CCN(CC=O)CC(=O)O)CC(=O)O. The van der Waals surface area contributed by atoms with Crippen LogP contribution in [0, 0.1) is 0 Å². The van der Waals surface area contributed by atoms with Crippen LogP contribution in [0.25, 0.3) is 0 Å². The summed E-state index contributed by atoms with van der Waals surface area (Å²) in [7, 11) is 0. The van der Waals surface area contributed by atoms with E-state index in [1.807, 2.05) is 0 Å². The Morgan fingerprint density at radius 2 is 1.08 bits per heavy atom. The molecule has 0 aliphatic heterocycles. The third-order valence-corrected chi connectivity index (χ3v) is 3.25. The van der Waals surface area contributed by atoms with Crippen molar-refractivity contribution >= 4 is 24.5 Å². The number of carbonyl (C=O) groups excluding carboxylic acids is 2. The Balaban J connectivity index is 4.67. The number of hydrogen-bond acceptors (Lipinski definition) is 8. The number of carboxylic acid groups (broad SMARTS) is 2. The lowest BCUT2D eigenvalue weighted by Crippen LogP contribution is -2.43. The number of nitrogens with zero attached hydrogens (tertiary/aromatic N) is 3. The highest BCUT2D eigenvalue weighted by molar-refractivity contribution is 5.70. The van der Waals surface area contributed by atoms with Crippen LogP contribution in [-0.4, -0.2) is 113 Å². The minimum absolute atomic E-state index is 0.0607. The van der Waals surface area contributed by atoms with Crippen molar-refractivity contribution in [1.82, 2.24) is 14.7 Å². The average Bonchev–Trinajstić information content (AvgIpc) is 2.48. The molecule has 0 aromatic rings. The zero-order chi connectivity index (χ0) is 19.2. The Bertz CT molecular complexity index is 436. The minimum atomic E-state index is -1.08. The topological polar surface area (TPSA) is 139 Å². The van der Waals surface area contributed by atoms with E-state index in [-0.39, 0.29) is 58.1 Å². The van der Waals surface area contributed by atoms with Crippen LogP contribution in [0.4, 0.5) is 0 Å². The first-order valence-electron chi connectivity index (χ1n) is 7.63. The summed E-state index contributed by atoms with van der Waals surface area (Å²) in [5.74, 6) is -2.23. The molecule has 0 aliphatic carbocycles. The summed E-state index contributed by atoms with van der Waals surface area (Å²) in [5.41, 5.74) is 0. The number of carboxylic acids is 2. The average molecular weight is 359 g/mol. The maximum absolute atomic E-state index is 11.0. The van der Waals surface area contributed by atoms with Gasteiger partial charge in [0.15, 0.2) is 0 Å². The summed E-state index contributed by atoms with van der Waals surface area (Å²) in [6.07, 6.45) is 1.26. The van der Waals surface area contributed by atoms with E-state index in [4.69, 9.17) is 10.2 Å². The van der Waals surface area contributed by atoms with E-state index >= 15 is 0 Å². The largest absolute Gasteiger partial charge is 0.512 e. The fraction of sp³-hybridized carbons (Fsp3) is 0.600. The molecule has 10 heteroatoms. The van der Waals surface area contributed by atoms with Gasteiger partial charge in [-0.1, -0.05) is 6.58 Å². The number of rotatable bonds is 16. The van der Waals surface area contributed by atoms with Crippen LogP contribution in [0.15, 0.2) is 12.3 Å². The highest BCUT2D eigenvalue weighted by Gasteiger charge is 2.15. The van der Waals surface area contributed by atoms with Crippen LogP contribution >= 0.6 is 0 Å². The van der Waals surface area contributed by atoms with E-state index in [0.717, 1.165) is 0 Å². The Labute approximate surface area is 145 Å². The highest BCUT2D eigenvalue weighted by atomic mass is 16.4. The van der Waals surface area contributed by atoms with Gasteiger partial charge in [-0.15, -0.1) is 0 Å². The fourth-order valence-electron chi connectivity index (χ4n) is 2.16. The van der Waals surface area contributed by atoms with Crippen molar-refractivity contribution < 1.29 is 34.5 Å². The lowest BCUT2D eigenvalue weighted by atomic mass is 10.3. The van der Waals surface area contributed by atoms with Crippen LogP contribution in [0.5, 0.6) is 0 Å². The molecule has 0 atom stereocenters. The van der Waals surface area contributed by atoms with Crippen molar-refractivity contribution in [3.63, 3.8) is 0 Å². The van der Waals surface area contributed by atoms with Gasteiger partial charge in [-0.05, 0) is 0 Å². The van der Waals surface area contributed by atoms with Crippen LogP contribution in [0.1, 0.15) is 0 Å². The molecule has 0 rings (SSSR count). The van der Waals surface area contributed by atoms with E-state index < -0.39 is 11.9 Å². The molecule has 0 saturated heterocycles. The molecule has 0 saturated carbocycles. The molecular weight excluding hydrogens is 334 g/mol. The molecule has 0 aromatic heterocycles. The summed E-state index contributed by atoms with van der Waals surface area (Å²) in [4.78, 5) is 47.5. The van der Waals surface area contributed by atoms with E-state index in [2.05, 4.69) is 6.58 Å².